The van der Waals surface area contributed by atoms with Gasteiger partial charge in [0.1, 0.15) is 6.04 Å². The van der Waals surface area contributed by atoms with Crippen molar-refractivity contribution >= 4 is 5.91 Å². The molecule has 1 aliphatic rings. The lowest BCUT2D eigenvalue weighted by Gasteiger charge is -2.20. The summed E-state index contributed by atoms with van der Waals surface area (Å²) in [5.41, 5.74) is 6.27. The smallest absolute Gasteiger partial charge is 0.240 e. The molecule has 0 spiro atoms. The Balaban J connectivity index is 2.11. The predicted molar refractivity (Wildman–Crippen MR) is 60.5 cm³/mol. The highest BCUT2D eigenvalue weighted by Crippen LogP contribution is 2.21. The van der Waals surface area contributed by atoms with Gasteiger partial charge in [0.2, 0.25) is 5.91 Å². The number of hydrogen-bond acceptors (Lipinski definition) is 3. The molecule has 2 rings (SSSR count). The monoisotopic (exact) mass is 222 g/mol. The Hall–Kier alpha value is -1.36. The number of carbonyl (C=O) groups excluding carboxylic acids is 1. The molecule has 0 saturated heterocycles. The van der Waals surface area contributed by atoms with E-state index in [1.165, 1.54) is 12.8 Å². The molecule has 0 bridgehead atoms. The van der Waals surface area contributed by atoms with Crippen LogP contribution in [0.2, 0.25) is 0 Å². The molecule has 5 nitrogen and oxygen atoms in total. The number of nitrogens with one attached hydrogen (secondary N) is 1. The number of aromatic nitrogens is 2. The van der Waals surface area contributed by atoms with Gasteiger partial charge in [-0.05, 0) is 12.8 Å². The molecule has 1 heterocycles. The average Bonchev–Trinajstić information content (AvgIpc) is 2.85. The number of rotatable bonds is 4. The fourth-order valence-corrected chi connectivity index (χ4v) is 2.29. The Morgan fingerprint density at radius 1 is 1.62 bits per heavy atom. The zero-order chi connectivity index (χ0) is 11.5. The quantitative estimate of drug-likeness (QED) is 0.778. The lowest BCUT2D eigenvalue weighted by Crippen LogP contribution is -2.39. The summed E-state index contributed by atoms with van der Waals surface area (Å²) in [6.07, 6.45) is 8.09. The van der Waals surface area contributed by atoms with Gasteiger partial charge in [-0.25, -0.2) is 4.98 Å². The third-order valence-corrected chi connectivity index (χ3v) is 3.19. The molecule has 1 fully saturated rings. The molecule has 88 valence electrons. The van der Waals surface area contributed by atoms with Crippen molar-refractivity contribution in [2.24, 2.45) is 12.8 Å². The highest BCUT2D eigenvalue weighted by atomic mass is 16.1. The predicted octanol–water partition coefficient (Wildman–Crippen LogP) is 0.479. The van der Waals surface area contributed by atoms with Crippen LogP contribution in [0.1, 0.15) is 37.4 Å². The maximum atomic E-state index is 11.5. The van der Waals surface area contributed by atoms with Crippen LogP contribution in [0.25, 0.3) is 0 Å². The number of hydrogen-bond donors (Lipinski definition) is 2. The summed E-state index contributed by atoms with van der Waals surface area (Å²) in [6, 6.07) is -0.0111. The first-order valence-corrected chi connectivity index (χ1v) is 5.70. The van der Waals surface area contributed by atoms with E-state index in [-0.39, 0.29) is 5.91 Å². The number of amides is 1. The van der Waals surface area contributed by atoms with Gasteiger partial charge in [0.05, 0.1) is 18.2 Å². The Morgan fingerprint density at radius 3 is 2.81 bits per heavy atom. The van der Waals surface area contributed by atoms with Crippen molar-refractivity contribution in [2.75, 3.05) is 0 Å². The summed E-state index contributed by atoms with van der Waals surface area (Å²) >= 11 is 0. The van der Waals surface area contributed by atoms with E-state index in [1.54, 1.807) is 12.5 Å². The lowest BCUT2D eigenvalue weighted by molar-refractivity contribution is -0.120. The van der Waals surface area contributed by atoms with Gasteiger partial charge in [0.15, 0.2) is 0 Å². The third kappa shape index (κ3) is 2.24. The fraction of sp³-hybridized carbons (Fsp3) is 0.636. The summed E-state index contributed by atoms with van der Waals surface area (Å²) in [7, 11) is 1.87. The third-order valence-electron chi connectivity index (χ3n) is 3.19. The van der Waals surface area contributed by atoms with Crippen LogP contribution >= 0.6 is 0 Å². The minimum absolute atomic E-state index is 0.337. The standard InChI is InChI=1S/C11H18N4O/c1-15-7-13-6-9(15)10(11(12)16)14-8-4-2-3-5-8/h6-8,10,14H,2-5H2,1H3,(H2,12,16). The van der Waals surface area contributed by atoms with Crippen molar-refractivity contribution in [3.63, 3.8) is 0 Å². The molecule has 16 heavy (non-hydrogen) atoms. The van der Waals surface area contributed by atoms with Gasteiger partial charge in [-0.2, -0.15) is 0 Å². The molecule has 1 aromatic heterocycles. The highest BCUT2D eigenvalue weighted by molar-refractivity contribution is 5.80. The second-order valence-electron chi connectivity index (χ2n) is 4.41. The van der Waals surface area contributed by atoms with Crippen molar-refractivity contribution < 1.29 is 4.79 Å². The number of primary amides is 1. The van der Waals surface area contributed by atoms with Crippen LogP contribution in [0.15, 0.2) is 12.5 Å². The molecular weight excluding hydrogens is 204 g/mol. The van der Waals surface area contributed by atoms with Gasteiger partial charge in [-0.15, -0.1) is 0 Å². The largest absolute Gasteiger partial charge is 0.368 e. The molecule has 1 saturated carbocycles. The van der Waals surface area contributed by atoms with Crippen molar-refractivity contribution in [3.8, 4) is 0 Å². The van der Waals surface area contributed by atoms with Crippen molar-refractivity contribution in [3.05, 3.63) is 18.2 Å². The van der Waals surface area contributed by atoms with E-state index in [0.717, 1.165) is 18.5 Å². The first-order chi connectivity index (χ1) is 7.68. The topological polar surface area (TPSA) is 72.9 Å². The van der Waals surface area contributed by atoms with Gasteiger partial charge in [0, 0.05) is 13.1 Å². The fourth-order valence-electron chi connectivity index (χ4n) is 2.29. The molecule has 3 N–H and O–H groups in total. The average molecular weight is 222 g/mol. The minimum Gasteiger partial charge on any atom is -0.368 e. The molecule has 0 aliphatic heterocycles. The summed E-state index contributed by atoms with van der Waals surface area (Å²) < 4.78 is 1.83. The second-order valence-corrected chi connectivity index (χ2v) is 4.41. The van der Waals surface area contributed by atoms with E-state index in [9.17, 15) is 4.79 Å². The van der Waals surface area contributed by atoms with E-state index in [2.05, 4.69) is 10.3 Å². The Kier molecular flexibility index (Phi) is 3.24. The van der Waals surface area contributed by atoms with E-state index in [1.807, 2.05) is 11.6 Å². The molecule has 1 atom stereocenters. The summed E-state index contributed by atoms with van der Waals surface area (Å²) in [4.78, 5) is 15.5. The van der Waals surface area contributed by atoms with E-state index in [4.69, 9.17) is 5.73 Å². The molecule has 1 amide bonds. The number of carbonyl (C=O) groups is 1. The number of imidazole rings is 1. The zero-order valence-corrected chi connectivity index (χ0v) is 9.52. The van der Waals surface area contributed by atoms with Crippen LogP contribution in [0, 0.1) is 0 Å². The Bertz CT molecular complexity index is 368. The second kappa shape index (κ2) is 4.65. The van der Waals surface area contributed by atoms with E-state index < -0.39 is 6.04 Å². The van der Waals surface area contributed by atoms with Gasteiger partial charge >= 0.3 is 0 Å². The molecular formula is C11H18N4O. The summed E-state index contributed by atoms with van der Waals surface area (Å²) in [5.74, 6) is -0.337. The van der Waals surface area contributed by atoms with Gasteiger partial charge in [-0.1, -0.05) is 12.8 Å². The zero-order valence-electron chi connectivity index (χ0n) is 9.52. The van der Waals surface area contributed by atoms with Crippen LogP contribution in [-0.2, 0) is 11.8 Å². The van der Waals surface area contributed by atoms with E-state index >= 15 is 0 Å². The SMILES string of the molecule is Cn1cncc1C(NC1CCCC1)C(N)=O. The first-order valence-electron chi connectivity index (χ1n) is 5.70. The van der Waals surface area contributed by atoms with Crippen LogP contribution < -0.4 is 11.1 Å². The Morgan fingerprint density at radius 2 is 2.31 bits per heavy atom. The number of aryl methyl sites for hydroxylation is 1. The summed E-state index contributed by atoms with van der Waals surface area (Å²) in [5, 5.41) is 3.32. The van der Waals surface area contributed by atoms with Gasteiger partial charge < -0.3 is 10.3 Å². The molecule has 0 aromatic carbocycles. The van der Waals surface area contributed by atoms with Crippen molar-refractivity contribution in [1.29, 1.82) is 0 Å². The normalized spacial score (nSPS) is 18.8. The molecule has 1 aliphatic carbocycles. The van der Waals surface area contributed by atoms with Crippen molar-refractivity contribution in [2.45, 2.75) is 37.8 Å². The maximum Gasteiger partial charge on any atom is 0.240 e. The van der Waals surface area contributed by atoms with Crippen LogP contribution in [0.3, 0.4) is 0 Å². The maximum absolute atomic E-state index is 11.5. The molecule has 0 radical (unpaired) electrons. The van der Waals surface area contributed by atoms with Gasteiger partial charge in [-0.3, -0.25) is 10.1 Å². The lowest BCUT2D eigenvalue weighted by atomic mass is 10.1. The minimum atomic E-state index is -0.421. The van der Waals surface area contributed by atoms with Crippen LogP contribution in [0.5, 0.6) is 0 Å². The van der Waals surface area contributed by atoms with Crippen LogP contribution in [-0.4, -0.2) is 21.5 Å². The molecule has 1 aromatic rings. The molecule has 1 unspecified atom stereocenters. The number of nitrogens with two attached hydrogens (primary N) is 1. The Labute approximate surface area is 95.0 Å². The number of nitrogens with zero attached hydrogens (tertiary/aromatic N) is 2. The first kappa shape index (κ1) is 11.1. The van der Waals surface area contributed by atoms with Crippen LogP contribution in [0.4, 0.5) is 0 Å². The summed E-state index contributed by atoms with van der Waals surface area (Å²) in [6.45, 7) is 0. The molecule has 5 heteroatoms. The van der Waals surface area contributed by atoms with Crippen molar-refractivity contribution in [1.82, 2.24) is 14.9 Å². The van der Waals surface area contributed by atoms with Gasteiger partial charge in [0.25, 0.3) is 0 Å². The highest BCUT2D eigenvalue weighted by Gasteiger charge is 2.25. The van der Waals surface area contributed by atoms with E-state index in [0.29, 0.717) is 6.04 Å².